The lowest BCUT2D eigenvalue weighted by Crippen LogP contribution is -2.05. The summed E-state index contributed by atoms with van der Waals surface area (Å²) in [5, 5.41) is 19.9. The second kappa shape index (κ2) is 7.37. The lowest BCUT2D eigenvalue weighted by atomic mass is 10.2. The fourth-order valence-electron chi connectivity index (χ4n) is 1.76. The van der Waals surface area contributed by atoms with Crippen molar-refractivity contribution in [3.05, 3.63) is 69.8 Å². The van der Waals surface area contributed by atoms with Gasteiger partial charge in [0.2, 0.25) is 0 Å². The minimum Gasteiger partial charge on any atom is -0.460 e. The smallest absolute Gasteiger partial charge is 0.311 e. The van der Waals surface area contributed by atoms with Crippen LogP contribution < -0.4 is 4.74 Å². The van der Waals surface area contributed by atoms with E-state index in [1.807, 2.05) is 30.3 Å². The molecule has 6 nitrogen and oxygen atoms in total. The molecule has 0 spiro atoms. The van der Waals surface area contributed by atoms with Gasteiger partial charge in [0.1, 0.15) is 0 Å². The van der Waals surface area contributed by atoms with Crippen molar-refractivity contribution in [2.24, 2.45) is 0 Å². The van der Waals surface area contributed by atoms with E-state index in [0.29, 0.717) is 12.2 Å². The number of hydrogen-bond donors (Lipinski definition) is 1. The third-order valence-electron chi connectivity index (χ3n) is 2.81. The highest BCUT2D eigenvalue weighted by Crippen LogP contribution is 2.28. The molecule has 110 valence electrons. The molecule has 0 radical (unpaired) electrons. The average molecular weight is 289 g/mol. The van der Waals surface area contributed by atoms with Crippen molar-refractivity contribution in [1.29, 1.82) is 0 Å². The lowest BCUT2D eigenvalue weighted by Gasteiger charge is -2.08. The maximum atomic E-state index is 10.9. The molecule has 21 heavy (non-hydrogen) atoms. The van der Waals surface area contributed by atoms with Crippen molar-refractivity contribution in [3.8, 4) is 5.75 Å². The summed E-state index contributed by atoms with van der Waals surface area (Å²) in [5.41, 5.74) is 1.26. The Bertz CT molecular complexity index is 600. The average Bonchev–Trinajstić information content (AvgIpc) is 2.52. The number of ether oxygens (including phenoxy) is 2. The van der Waals surface area contributed by atoms with Gasteiger partial charge in [-0.05, 0) is 17.2 Å². The van der Waals surface area contributed by atoms with E-state index in [2.05, 4.69) is 0 Å². The standard InChI is InChI=1S/C15H15NO5/c17-9-13-6-7-15(14(8-13)16(18)19)21-11-20-10-12-4-2-1-3-5-12/h1-8,17H,9-11H2. The SMILES string of the molecule is O=[N+]([O-])c1cc(CO)ccc1OCOCc1ccccc1. The number of rotatable bonds is 7. The number of hydrogen-bond acceptors (Lipinski definition) is 5. The first-order valence-electron chi connectivity index (χ1n) is 6.33. The van der Waals surface area contributed by atoms with Crippen LogP contribution in [0.15, 0.2) is 48.5 Å². The van der Waals surface area contributed by atoms with Gasteiger partial charge in [0.05, 0.1) is 18.1 Å². The van der Waals surface area contributed by atoms with Gasteiger partial charge in [-0.25, -0.2) is 0 Å². The number of nitro groups is 1. The Morgan fingerprint density at radius 2 is 1.86 bits per heavy atom. The molecule has 2 aromatic rings. The maximum absolute atomic E-state index is 10.9. The summed E-state index contributed by atoms with van der Waals surface area (Å²) in [4.78, 5) is 10.4. The molecule has 0 aliphatic carbocycles. The van der Waals surface area contributed by atoms with Gasteiger partial charge in [-0.2, -0.15) is 0 Å². The van der Waals surface area contributed by atoms with Crippen LogP contribution in [0.5, 0.6) is 5.75 Å². The summed E-state index contributed by atoms with van der Waals surface area (Å²) in [6.07, 6.45) is 0. The van der Waals surface area contributed by atoms with Crippen molar-refractivity contribution in [2.75, 3.05) is 6.79 Å². The van der Waals surface area contributed by atoms with Crippen LogP contribution in [-0.2, 0) is 18.0 Å². The Morgan fingerprint density at radius 1 is 1.10 bits per heavy atom. The number of nitro benzene ring substituents is 1. The van der Waals surface area contributed by atoms with Gasteiger partial charge < -0.3 is 14.6 Å². The normalized spacial score (nSPS) is 10.3. The quantitative estimate of drug-likeness (QED) is 0.367. The Kier molecular flexibility index (Phi) is 5.25. The lowest BCUT2D eigenvalue weighted by molar-refractivity contribution is -0.386. The molecular formula is C15H15NO5. The summed E-state index contributed by atoms with van der Waals surface area (Å²) >= 11 is 0. The summed E-state index contributed by atoms with van der Waals surface area (Å²) in [5.74, 6) is 0.116. The summed E-state index contributed by atoms with van der Waals surface area (Å²) < 4.78 is 10.6. The molecule has 0 heterocycles. The molecule has 1 N–H and O–H groups in total. The largest absolute Gasteiger partial charge is 0.460 e. The van der Waals surface area contributed by atoms with Crippen LogP contribution in [0.25, 0.3) is 0 Å². The fourth-order valence-corrected chi connectivity index (χ4v) is 1.76. The first-order chi connectivity index (χ1) is 10.2. The van der Waals surface area contributed by atoms with Crippen LogP contribution in [0, 0.1) is 10.1 Å². The molecule has 2 aromatic carbocycles. The van der Waals surface area contributed by atoms with Crippen molar-refractivity contribution >= 4 is 5.69 Å². The first-order valence-corrected chi connectivity index (χ1v) is 6.33. The van der Waals surface area contributed by atoms with Crippen LogP contribution in [0.4, 0.5) is 5.69 Å². The van der Waals surface area contributed by atoms with Crippen molar-refractivity contribution < 1.29 is 19.5 Å². The zero-order valence-electron chi connectivity index (χ0n) is 11.3. The molecule has 0 aliphatic rings. The summed E-state index contributed by atoms with van der Waals surface area (Å²) in [6.45, 7) is 0.0171. The van der Waals surface area contributed by atoms with Gasteiger partial charge in [0, 0.05) is 6.07 Å². The maximum Gasteiger partial charge on any atom is 0.311 e. The number of nitrogens with zero attached hydrogens (tertiary/aromatic N) is 1. The van der Waals surface area contributed by atoms with Crippen LogP contribution in [0.2, 0.25) is 0 Å². The first kappa shape index (κ1) is 15.0. The predicted octanol–water partition coefficient (Wildman–Crippen LogP) is 2.64. The zero-order chi connectivity index (χ0) is 15.1. The molecule has 0 saturated carbocycles. The molecule has 0 bridgehead atoms. The predicted molar refractivity (Wildman–Crippen MR) is 75.7 cm³/mol. The van der Waals surface area contributed by atoms with Crippen LogP contribution >= 0.6 is 0 Å². The summed E-state index contributed by atoms with van der Waals surface area (Å²) in [7, 11) is 0. The van der Waals surface area contributed by atoms with Crippen LogP contribution in [0.3, 0.4) is 0 Å². The molecule has 0 aromatic heterocycles. The van der Waals surface area contributed by atoms with Crippen molar-refractivity contribution in [2.45, 2.75) is 13.2 Å². The van der Waals surface area contributed by atoms with E-state index >= 15 is 0 Å². The minimum atomic E-state index is -0.550. The van der Waals surface area contributed by atoms with Gasteiger partial charge in [-0.15, -0.1) is 0 Å². The van der Waals surface area contributed by atoms with E-state index in [1.54, 1.807) is 6.07 Å². The number of aliphatic hydroxyl groups is 1. The van der Waals surface area contributed by atoms with Crippen molar-refractivity contribution in [1.82, 2.24) is 0 Å². The molecule has 0 amide bonds. The Hall–Kier alpha value is -2.44. The Balaban J connectivity index is 1.92. The van der Waals surface area contributed by atoms with Gasteiger partial charge in [0.15, 0.2) is 12.5 Å². The highest BCUT2D eigenvalue weighted by atomic mass is 16.7. The molecule has 0 unspecified atom stereocenters. The van der Waals surface area contributed by atoms with E-state index in [4.69, 9.17) is 14.6 Å². The summed E-state index contributed by atoms with van der Waals surface area (Å²) in [6, 6.07) is 13.8. The fraction of sp³-hybridized carbons (Fsp3) is 0.200. The second-order valence-electron chi connectivity index (χ2n) is 4.31. The zero-order valence-corrected chi connectivity index (χ0v) is 11.3. The van der Waals surface area contributed by atoms with Gasteiger partial charge in [-0.1, -0.05) is 36.4 Å². The number of benzene rings is 2. The highest BCUT2D eigenvalue weighted by Gasteiger charge is 2.15. The van der Waals surface area contributed by atoms with Gasteiger partial charge in [-0.3, -0.25) is 10.1 Å². The van der Waals surface area contributed by atoms with Crippen molar-refractivity contribution in [3.63, 3.8) is 0 Å². The van der Waals surface area contributed by atoms with Crippen LogP contribution in [-0.4, -0.2) is 16.8 Å². The number of aliphatic hydroxyl groups excluding tert-OH is 1. The molecule has 6 heteroatoms. The topological polar surface area (TPSA) is 81.8 Å². The van der Waals surface area contributed by atoms with E-state index in [-0.39, 0.29) is 24.8 Å². The van der Waals surface area contributed by atoms with E-state index in [9.17, 15) is 10.1 Å². The highest BCUT2D eigenvalue weighted by molar-refractivity contribution is 5.48. The monoisotopic (exact) mass is 289 g/mol. The van der Waals surface area contributed by atoms with E-state index in [0.717, 1.165) is 5.56 Å². The molecule has 0 aliphatic heterocycles. The Labute approximate surface area is 121 Å². The second-order valence-corrected chi connectivity index (χ2v) is 4.31. The van der Waals surface area contributed by atoms with E-state index in [1.165, 1.54) is 12.1 Å². The van der Waals surface area contributed by atoms with E-state index < -0.39 is 4.92 Å². The minimum absolute atomic E-state index is 0.0891. The van der Waals surface area contributed by atoms with Gasteiger partial charge >= 0.3 is 5.69 Å². The molecule has 0 atom stereocenters. The third kappa shape index (κ3) is 4.27. The molecule has 0 saturated heterocycles. The third-order valence-corrected chi connectivity index (χ3v) is 2.81. The Morgan fingerprint density at radius 3 is 2.52 bits per heavy atom. The molecule has 0 fully saturated rings. The van der Waals surface area contributed by atoms with Gasteiger partial charge in [0.25, 0.3) is 0 Å². The van der Waals surface area contributed by atoms with Crippen LogP contribution in [0.1, 0.15) is 11.1 Å². The molecule has 2 rings (SSSR count). The molecular weight excluding hydrogens is 274 g/mol.